The summed E-state index contributed by atoms with van der Waals surface area (Å²) in [6.45, 7) is 6.09. The Balaban J connectivity index is 2.26. The highest BCUT2D eigenvalue weighted by molar-refractivity contribution is 9.10. The molecular weight excluding hydrogens is 392 g/mol. The zero-order chi connectivity index (χ0) is 17.7. The van der Waals surface area contributed by atoms with Gasteiger partial charge in [0.15, 0.2) is 0 Å². The van der Waals surface area contributed by atoms with Crippen molar-refractivity contribution in [3.63, 3.8) is 0 Å². The molecule has 0 saturated heterocycles. The van der Waals surface area contributed by atoms with E-state index in [9.17, 15) is 4.79 Å². The van der Waals surface area contributed by atoms with Crippen LogP contribution in [-0.4, -0.2) is 5.97 Å². The van der Waals surface area contributed by atoms with Crippen LogP contribution in [0.2, 0.25) is 5.02 Å². The van der Waals surface area contributed by atoms with Gasteiger partial charge < -0.3 is 9.47 Å². The molecule has 5 heteroatoms. The molecule has 128 valence electrons. The van der Waals surface area contributed by atoms with Crippen molar-refractivity contribution >= 4 is 33.5 Å². The molecule has 2 rings (SSSR count). The summed E-state index contributed by atoms with van der Waals surface area (Å²) in [4.78, 5) is 11.6. The van der Waals surface area contributed by atoms with Crippen molar-refractivity contribution in [1.29, 1.82) is 0 Å². The molecule has 0 amide bonds. The lowest BCUT2D eigenvalue weighted by molar-refractivity contribution is -0.134. The molecule has 0 aliphatic rings. The van der Waals surface area contributed by atoms with Gasteiger partial charge in [-0.3, -0.25) is 4.79 Å². The Morgan fingerprint density at radius 1 is 1.21 bits per heavy atom. The number of carbonyl (C=O) groups is 1. The largest absolute Gasteiger partial charge is 0.488 e. The van der Waals surface area contributed by atoms with E-state index >= 15 is 0 Å². The van der Waals surface area contributed by atoms with Gasteiger partial charge in [0.1, 0.15) is 18.1 Å². The minimum Gasteiger partial charge on any atom is -0.488 e. The summed E-state index contributed by atoms with van der Waals surface area (Å²) in [5.74, 6) is 0.978. The highest BCUT2D eigenvalue weighted by atomic mass is 79.9. The second-order valence-corrected chi connectivity index (χ2v) is 6.66. The molecule has 0 unspecified atom stereocenters. The van der Waals surface area contributed by atoms with Gasteiger partial charge in [0.05, 0.1) is 0 Å². The molecule has 3 nitrogen and oxygen atoms in total. The molecule has 2 aromatic carbocycles. The van der Waals surface area contributed by atoms with Crippen LogP contribution in [0.15, 0.2) is 34.8 Å². The van der Waals surface area contributed by atoms with Gasteiger partial charge >= 0.3 is 5.97 Å². The molecule has 0 aromatic heterocycles. The molecule has 0 aliphatic heterocycles. The summed E-state index contributed by atoms with van der Waals surface area (Å²) in [5.41, 5.74) is 2.91. The van der Waals surface area contributed by atoms with E-state index in [0.717, 1.165) is 33.3 Å². The van der Waals surface area contributed by atoms with E-state index in [1.807, 2.05) is 31.2 Å². The highest BCUT2D eigenvalue weighted by Gasteiger charge is 2.13. The lowest BCUT2D eigenvalue weighted by atomic mass is 10.1. The summed E-state index contributed by atoms with van der Waals surface area (Å²) in [7, 11) is 0. The van der Waals surface area contributed by atoms with Gasteiger partial charge in [-0.1, -0.05) is 53.5 Å². The quantitative estimate of drug-likeness (QED) is 0.440. The van der Waals surface area contributed by atoms with Crippen molar-refractivity contribution in [2.24, 2.45) is 0 Å². The van der Waals surface area contributed by atoms with Crippen molar-refractivity contribution in [1.82, 2.24) is 0 Å². The molecule has 0 fully saturated rings. The molecule has 0 N–H and O–H groups in total. The number of aryl methyl sites for hydroxylation is 2. The first-order chi connectivity index (χ1) is 11.5. The molecule has 0 atom stereocenters. The molecule has 0 spiro atoms. The van der Waals surface area contributed by atoms with Crippen molar-refractivity contribution in [3.05, 3.63) is 56.5 Å². The molecule has 0 bridgehead atoms. The maximum atomic E-state index is 11.6. The third kappa shape index (κ3) is 4.52. The average molecular weight is 412 g/mol. The minimum absolute atomic E-state index is 0.276. The number of rotatable bonds is 6. The van der Waals surface area contributed by atoms with E-state index in [2.05, 4.69) is 22.9 Å². The van der Waals surface area contributed by atoms with Gasteiger partial charge in [-0.15, -0.1) is 0 Å². The number of benzene rings is 2. The first-order valence-corrected chi connectivity index (χ1v) is 9.03. The first kappa shape index (κ1) is 18.8. The number of halogens is 2. The first-order valence-electron chi connectivity index (χ1n) is 7.86. The average Bonchev–Trinajstić information content (AvgIpc) is 2.56. The Hall–Kier alpha value is -1.52. The minimum atomic E-state index is -0.276. The molecule has 24 heavy (non-hydrogen) atoms. The second-order valence-electron chi connectivity index (χ2n) is 5.40. The van der Waals surface area contributed by atoms with E-state index in [0.29, 0.717) is 17.2 Å². The Kier molecular flexibility index (Phi) is 6.69. The molecular formula is C19H20BrClO3. The number of carbonyl (C=O) groups excluding carboxylic acids is 1. The van der Waals surface area contributed by atoms with Crippen LogP contribution in [0.3, 0.4) is 0 Å². The summed E-state index contributed by atoms with van der Waals surface area (Å²) >= 11 is 9.71. The Bertz CT molecular complexity index is 744. The van der Waals surface area contributed by atoms with E-state index in [1.165, 1.54) is 0 Å². The summed E-state index contributed by atoms with van der Waals surface area (Å²) in [6.07, 6.45) is 1.17. The SMILES string of the molecule is CCC(=O)Oc1cccc(Br)c1COc1cc(Cl)c(C)cc1CC. The van der Waals surface area contributed by atoms with Crippen molar-refractivity contribution in [2.75, 3.05) is 0 Å². The monoisotopic (exact) mass is 410 g/mol. The van der Waals surface area contributed by atoms with Crippen molar-refractivity contribution in [3.8, 4) is 11.5 Å². The van der Waals surface area contributed by atoms with E-state index in [4.69, 9.17) is 21.1 Å². The maximum Gasteiger partial charge on any atom is 0.310 e. The van der Waals surface area contributed by atoms with Crippen molar-refractivity contribution < 1.29 is 14.3 Å². The zero-order valence-electron chi connectivity index (χ0n) is 14.0. The molecule has 2 aromatic rings. The van der Waals surface area contributed by atoms with Gasteiger partial charge in [-0.25, -0.2) is 0 Å². The molecule has 0 aliphatic carbocycles. The van der Waals surface area contributed by atoms with E-state index in [1.54, 1.807) is 13.0 Å². The van der Waals surface area contributed by atoms with E-state index < -0.39 is 0 Å². The van der Waals surface area contributed by atoms with Crippen LogP contribution >= 0.6 is 27.5 Å². The fourth-order valence-corrected chi connectivity index (χ4v) is 2.87. The zero-order valence-corrected chi connectivity index (χ0v) is 16.3. The van der Waals surface area contributed by atoms with Gasteiger partial charge in [0, 0.05) is 21.5 Å². The van der Waals surface area contributed by atoms with Gasteiger partial charge in [0.2, 0.25) is 0 Å². The fraction of sp³-hybridized carbons (Fsp3) is 0.316. The van der Waals surface area contributed by atoms with Crippen LogP contribution in [0.1, 0.15) is 37.0 Å². The third-order valence-electron chi connectivity index (χ3n) is 3.68. The predicted octanol–water partition coefficient (Wildman–Crippen LogP) is 5.87. The lowest BCUT2D eigenvalue weighted by Gasteiger charge is -2.15. The standard InChI is InChI=1S/C19H20BrClO3/c1-4-13-9-12(3)16(21)10-18(13)23-11-14-15(20)7-6-8-17(14)24-19(22)5-2/h6-10H,4-5,11H2,1-3H3. The lowest BCUT2D eigenvalue weighted by Crippen LogP contribution is -2.09. The van der Waals surface area contributed by atoms with Crippen LogP contribution < -0.4 is 9.47 Å². The van der Waals surface area contributed by atoms with Gasteiger partial charge in [-0.2, -0.15) is 0 Å². The highest BCUT2D eigenvalue weighted by Crippen LogP contribution is 2.31. The van der Waals surface area contributed by atoms with Crippen LogP contribution in [0.5, 0.6) is 11.5 Å². The van der Waals surface area contributed by atoms with Crippen LogP contribution in [0.25, 0.3) is 0 Å². The molecule has 0 saturated carbocycles. The van der Waals surface area contributed by atoms with Gasteiger partial charge in [0.25, 0.3) is 0 Å². The molecule has 0 radical (unpaired) electrons. The summed E-state index contributed by atoms with van der Waals surface area (Å²) < 4.78 is 12.2. The Morgan fingerprint density at radius 2 is 1.96 bits per heavy atom. The number of esters is 1. The topological polar surface area (TPSA) is 35.5 Å². The Labute approximate surface area is 156 Å². The van der Waals surface area contributed by atoms with Crippen LogP contribution in [0.4, 0.5) is 0 Å². The number of hydrogen-bond donors (Lipinski definition) is 0. The number of hydrogen-bond acceptors (Lipinski definition) is 3. The summed E-state index contributed by atoms with van der Waals surface area (Å²) in [5, 5.41) is 0.673. The molecule has 0 heterocycles. The second kappa shape index (κ2) is 8.54. The Morgan fingerprint density at radius 3 is 2.62 bits per heavy atom. The van der Waals surface area contributed by atoms with Gasteiger partial charge in [-0.05, 0) is 42.7 Å². The normalized spacial score (nSPS) is 10.5. The van der Waals surface area contributed by atoms with Crippen molar-refractivity contribution in [2.45, 2.75) is 40.2 Å². The maximum absolute atomic E-state index is 11.6. The van der Waals surface area contributed by atoms with Crippen LogP contribution in [-0.2, 0) is 17.8 Å². The van der Waals surface area contributed by atoms with E-state index in [-0.39, 0.29) is 12.6 Å². The number of ether oxygens (including phenoxy) is 2. The third-order valence-corrected chi connectivity index (χ3v) is 4.83. The fourth-order valence-electron chi connectivity index (χ4n) is 2.25. The predicted molar refractivity (Wildman–Crippen MR) is 100.0 cm³/mol. The smallest absolute Gasteiger partial charge is 0.310 e. The van der Waals surface area contributed by atoms with Crippen LogP contribution in [0, 0.1) is 6.92 Å². The summed E-state index contributed by atoms with van der Waals surface area (Å²) in [6, 6.07) is 9.36.